The molecule has 0 radical (unpaired) electrons. The van der Waals surface area contributed by atoms with Gasteiger partial charge in [0.05, 0.1) is 23.2 Å². The van der Waals surface area contributed by atoms with Gasteiger partial charge in [-0.3, -0.25) is 14.2 Å². The van der Waals surface area contributed by atoms with Crippen molar-refractivity contribution in [3.63, 3.8) is 0 Å². The zero-order valence-corrected chi connectivity index (χ0v) is 19.4. The highest BCUT2D eigenvalue weighted by atomic mass is 32.2. The van der Waals surface area contributed by atoms with Crippen molar-refractivity contribution in [1.29, 1.82) is 0 Å². The minimum Gasteiger partial charge on any atom is -0.454 e. The molecule has 1 aromatic heterocycles. The van der Waals surface area contributed by atoms with Crippen LogP contribution in [0.15, 0.2) is 76.7 Å². The number of hydrogen-bond acceptors (Lipinski definition) is 6. The van der Waals surface area contributed by atoms with E-state index in [0.717, 1.165) is 11.1 Å². The number of nitrogens with zero attached hydrogens (tertiary/aromatic N) is 2. The van der Waals surface area contributed by atoms with Gasteiger partial charge in [0.2, 0.25) is 12.7 Å². The number of rotatable bonds is 7. The summed E-state index contributed by atoms with van der Waals surface area (Å²) in [6.45, 7) is 2.98. The normalized spacial score (nSPS) is 12.1. The van der Waals surface area contributed by atoms with Crippen LogP contribution in [-0.2, 0) is 17.9 Å². The molecule has 5 rings (SSSR count). The standard InChI is InChI=1S/C26H23N3O4S/c1-17-6-8-18(9-7-17)13-27-24(30)15-34-26-28-21-5-3-2-4-20(21)25(31)29(26)14-19-10-11-22-23(12-19)33-16-32-22/h2-12H,13-16H2,1H3,(H,27,30). The van der Waals surface area contributed by atoms with Crippen LogP contribution in [0.1, 0.15) is 16.7 Å². The Morgan fingerprint density at radius 2 is 1.79 bits per heavy atom. The summed E-state index contributed by atoms with van der Waals surface area (Å²) < 4.78 is 12.5. The number of amides is 1. The zero-order chi connectivity index (χ0) is 23.5. The summed E-state index contributed by atoms with van der Waals surface area (Å²) in [5.74, 6) is 1.37. The molecule has 0 saturated heterocycles. The molecule has 0 saturated carbocycles. The first-order valence-corrected chi connectivity index (χ1v) is 11.9. The van der Waals surface area contributed by atoms with E-state index in [2.05, 4.69) is 5.32 Å². The van der Waals surface area contributed by atoms with E-state index in [1.54, 1.807) is 10.6 Å². The topological polar surface area (TPSA) is 82.5 Å². The number of benzene rings is 3. The maximum Gasteiger partial charge on any atom is 0.262 e. The smallest absolute Gasteiger partial charge is 0.262 e. The summed E-state index contributed by atoms with van der Waals surface area (Å²) in [5, 5.41) is 3.96. The Morgan fingerprint density at radius 1 is 1.03 bits per heavy atom. The fourth-order valence-electron chi connectivity index (χ4n) is 3.71. The minimum absolute atomic E-state index is 0.123. The molecule has 0 bridgehead atoms. The first kappa shape index (κ1) is 22.0. The highest BCUT2D eigenvalue weighted by Gasteiger charge is 2.17. The molecule has 1 aliphatic rings. The first-order chi connectivity index (χ1) is 16.6. The predicted octanol–water partition coefficient (Wildman–Crippen LogP) is 3.89. The fourth-order valence-corrected chi connectivity index (χ4v) is 4.54. The molecule has 1 aliphatic heterocycles. The van der Waals surface area contributed by atoms with E-state index in [0.29, 0.717) is 40.6 Å². The number of carbonyl (C=O) groups is 1. The molecule has 172 valence electrons. The quantitative estimate of drug-likeness (QED) is 0.324. The van der Waals surface area contributed by atoms with Gasteiger partial charge >= 0.3 is 0 Å². The number of fused-ring (bicyclic) bond motifs is 2. The zero-order valence-electron chi connectivity index (χ0n) is 18.6. The van der Waals surface area contributed by atoms with E-state index >= 15 is 0 Å². The summed E-state index contributed by atoms with van der Waals surface area (Å²) in [6, 6.07) is 20.9. The summed E-state index contributed by atoms with van der Waals surface area (Å²) in [5.41, 5.74) is 3.55. The molecular formula is C26H23N3O4S. The van der Waals surface area contributed by atoms with Crippen LogP contribution >= 0.6 is 11.8 Å². The van der Waals surface area contributed by atoms with Gasteiger partial charge in [-0.15, -0.1) is 0 Å². The number of nitrogens with one attached hydrogen (secondary N) is 1. The number of carbonyl (C=O) groups excluding carboxylic acids is 1. The van der Waals surface area contributed by atoms with Gasteiger partial charge in [0.15, 0.2) is 16.7 Å². The SMILES string of the molecule is Cc1ccc(CNC(=O)CSc2nc3ccccc3c(=O)n2Cc2ccc3c(c2)OCO3)cc1. The molecule has 4 aromatic rings. The molecule has 0 spiro atoms. The second-order valence-electron chi connectivity index (χ2n) is 8.04. The number of thioether (sulfide) groups is 1. The van der Waals surface area contributed by atoms with Crippen LogP contribution < -0.4 is 20.3 Å². The highest BCUT2D eigenvalue weighted by molar-refractivity contribution is 7.99. The van der Waals surface area contributed by atoms with Crippen molar-refractivity contribution in [2.24, 2.45) is 0 Å². The van der Waals surface area contributed by atoms with Gasteiger partial charge in [-0.25, -0.2) is 4.98 Å². The van der Waals surface area contributed by atoms with E-state index in [4.69, 9.17) is 14.5 Å². The molecule has 0 unspecified atom stereocenters. The van der Waals surface area contributed by atoms with Crippen LogP contribution in [0.4, 0.5) is 0 Å². The third-order valence-electron chi connectivity index (χ3n) is 5.55. The van der Waals surface area contributed by atoms with Crippen LogP contribution in [0, 0.1) is 6.92 Å². The van der Waals surface area contributed by atoms with Crippen molar-refractivity contribution < 1.29 is 14.3 Å². The van der Waals surface area contributed by atoms with Crippen molar-refractivity contribution in [3.05, 3.63) is 93.8 Å². The predicted molar refractivity (Wildman–Crippen MR) is 131 cm³/mol. The van der Waals surface area contributed by atoms with E-state index in [1.807, 2.05) is 67.6 Å². The lowest BCUT2D eigenvalue weighted by Crippen LogP contribution is -2.27. The molecule has 34 heavy (non-hydrogen) atoms. The average molecular weight is 474 g/mol. The van der Waals surface area contributed by atoms with Crippen LogP contribution in [0.3, 0.4) is 0 Å². The Balaban J connectivity index is 1.36. The second-order valence-corrected chi connectivity index (χ2v) is 8.98. The summed E-state index contributed by atoms with van der Waals surface area (Å²) in [6.07, 6.45) is 0. The van der Waals surface area contributed by atoms with Gasteiger partial charge < -0.3 is 14.8 Å². The molecule has 1 amide bonds. The number of aromatic nitrogens is 2. The van der Waals surface area contributed by atoms with E-state index < -0.39 is 0 Å². The third-order valence-corrected chi connectivity index (χ3v) is 6.52. The third kappa shape index (κ3) is 4.77. The lowest BCUT2D eigenvalue weighted by atomic mass is 10.1. The molecule has 2 heterocycles. The molecule has 1 N–H and O–H groups in total. The molecule has 0 aliphatic carbocycles. The summed E-state index contributed by atoms with van der Waals surface area (Å²) >= 11 is 1.25. The maximum atomic E-state index is 13.3. The van der Waals surface area contributed by atoms with E-state index in [9.17, 15) is 9.59 Å². The van der Waals surface area contributed by atoms with Crippen LogP contribution in [0.5, 0.6) is 11.5 Å². The first-order valence-electron chi connectivity index (χ1n) is 10.9. The van der Waals surface area contributed by atoms with Gasteiger partial charge in [-0.2, -0.15) is 0 Å². The Kier molecular flexibility index (Phi) is 6.22. The highest BCUT2D eigenvalue weighted by Crippen LogP contribution is 2.33. The number of ether oxygens (including phenoxy) is 2. The monoisotopic (exact) mass is 473 g/mol. The molecule has 0 atom stereocenters. The lowest BCUT2D eigenvalue weighted by molar-refractivity contribution is -0.118. The number of aryl methyl sites for hydroxylation is 1. The van der Waals surface area contributed by atoms with Gasteiger partial charge in [-0.1, -0.05) is 59.8 Å². The van der Waals surface area contributed by atoms with E-state index in [1.165, 1.54) is 17.3 Å². The number of para-hydroxylation sites is 1. The van der Waals surface area contributed by atoms with Crippen molar-refractivity contribution in [3.8, 4) is 11.5 Å². The molecular weight excluding hydrogens is 450 g/mol. The fraction of sp³-hybridized carbons (Fsp3) is 0.192. The van der Waals surface area contributed by atoms with Crippen molar-refractivity contribution in [2.75, 3.05) is 12.5 Å². The van der Waals surface area contributed by atoms with E-state index in [-0.39, 0.29) is 24.0 Å². The van der Waals surface area contributed by atoms with Crippen LogP contribution in [0.2, 0.25) is 0 Å². The van der Waals surface area contributed by atoms with Gasteiger partial charge in [0.1, 0.15) is 0 Å². The van der Waals surface area contributed by atoms with Crippen molar-refractivity contribution in [1.82, 2.24) is 14.9 Å². The minimum atomic E-state index is -0.147. The molecule has 7 nitrogen and oxygen atoms in total. The van der Waals surface area contributed by atoms with Crippen LogP contribution in [-0.4, -0.2) is 28.0 Å². The Bertz CT molecular complexity index is 1420. The van der Waals surface area contributed by atoms with Gasteiger partial charge in [0, 0.05) is 6.54 Å². The van der Waals surface area contributed by atoms with Gasteiger partial charge in [0.25, 0.3) is 5.56 Å². The molecule has 8 heteroatoms. The Labute approximate surface area is 200 Å². The van der Waals surface area contributed by atoms with Crippen LogP contribution in [0.25, 0.3) is 10.9 Å². The molecule has 0 fully saturated rings. The molecule has 3 aromatic carbocycles. The Morgan fingerprint density at radius 3 is 2.65 bits per heavy atom. The van der Waals surface area contributed by atoms with Crippen molar-refractivity contribution >= 4 is 28.6 Å². The Hall–Kier alpha value is -3.78. The van der Waals surface area contributed by atoms with Gasteiger partial charge in [-0.05, 0) is 42.3 Å². The van der Waals surface area contributed by atoms with Crippen molar-refractivity contribution in [2.45, 2.75) is 25.2 Å². The summed E-state index contributed by atoms with van der Waals surface area (Å²) in [4.78, 5) is 30.5. The average Bonchev–Trinajstić information content (AvgIpc) is 3.32. The maximum absolute atomic E-state index is 13.3. The number of hydrogen-bond donors (Lipinski definition) is 1. The largest absolute Gasteiger partial charge is 0.454 e. The second kappa shape index (κ2) is 9.61. The lowest BCUT2D eigenvalue weighted by Gasteiger charge is -2.14. The summed E-state index contributed by atoms with van der Waals surface area (Å²) in [7, 11) is 0.